The van der Waals surface area contributed by atoms with Crippen LogP contribution in [0.3, 0.4) is 0 Å². The van der Waals surface area contributed by atoms with Gasteiger partial charge in [-0.3, -0.25) is 9.48 Å². The van der Waals surface area contributed by atoms with Crippen LogP contribution in [-0.4, -0.2) is 35.3 Å². The van der Waals surface area contributed by atoms with E-state index in [0.717, 1.165) is 37.2 Å². The smallest absolute Gasteiger partial charge is 0.251 e. The standard InChI is InChI=1S/C18H24N4O/c1-21-16(9-11-20-21)8-5-10-19-18(23)15-6-4-7-17(14-15)22-12-2-3-13-22/h4,6-7,9,11,14H,2-3,5,8,10,12-13H2,1H3,(H,19,23). The second-order valence-electron chi connectivity index (χ2n) is 6.05. The van der Waals surface area contributed by atoms with Crippen molar-refractivity contribution in [3.8, 4) is 0 Å². The maximum atomic E-state index is 12.3. The zero-order valence-corrected chi connectivity index (χ0v) is 13.7. The van der Waals surface area contributed by atoms with Crippen molar-refractivity contribution in [1.29, 1.82) is 0 Å². The number of hydrogen-bond acceptors (Lipinski definition) is 3. The van der Waals surface area contributed by atoms with Gasteiger partial charge in [-0.25, -0.2) is 0 Å². The van der Waals surface area contributed by atoms with E-state index in [1.54, 1.807) is 6.20 Å². The minimum atomic E-state index is 0.0102. The highest BCUT2D eigenvalue weighted by atomic mass is 16.1. The third-order valence-electron chi connectivity index (χ3n) is 4.40. The fraction of sp³-hybridized carbons (Fsp3) is 0.444. The van der Waals surface area contributed by atoms with E-state index < -0.39 is 0 Å². The first-order valence-corrected chi connectivity index (χ1v) is 8.34. The fourth-order valence-electron chi connectivity index (χ4n) is 3.04. The quantitative estimate of drug-likeness (QED) is 0.833. The number of rotatable bonds is 6. The summed E-state index contributed by atoms with van der Waals surface area (Å²) in [5, 5.41) is 7.16. The first-order valence-electron chi connectivity index (χ1n) is 8.34. The Morgan fingerprint density at radius 1 is 1.26 bits per heavy atom. The van der Waals surface area contributed by atoms with Crippen molar-refractivity contribution in [3.05, 3.63) is 47.8 Å². The first-order chi connectivity index (χ1) is 11.2. The normalized spacial score (nSPS) is 14.2. The molecule has 0 spiro atoms. The van der Waals surface area contributed by atoms with Crippen molar-refractivity contribution in [2.24, 2.45) is 7.05 Å². The van der Waals surface area contributed by atoms with Crippen LogP contribution in [0, 0.1) is 0 Å². The number of anilines is 1. The van der Waals surface area contributed by atoms with Crippen molar-refractivity contribution < 1.29 is 4.79 Å². The molecule has 1 aromatic carbocycles. The first kappa shape index (κ1) is 15.6. The number of carbonyl (C=O) groups is 1. The minimum Gasteiger partial charge on any atom is -0.372 e. The monoisotopic (exact) mass is 312 g/mol. The summed E-state index contributed by atoms with van der Waals surface area (Å²) in [4.78, 5) is 14.6. The molecule has 0 atom stereocenters. The molecule has 1 aliphatic rings. The molecule has 3 rings (SSSR count). The van der Waals surface area contributed by atoms with Gasteiger partial charge in [-0.1, -0.05) is 6.07 Å². The highest BCUT2D eigenvalue weighted by Crippen LogP contribution is 2.21. The molecule has 1 amide bonds. The molecule has 122 valence electrons. The maximum absolute atomic E-state index is 12.3. The van der Waals surface area contributed by atoms with E-state index in [4.69, 9.17) is 0 Å². The number of nitrogens with one attached hydrogen (secondary N) is 1. The van der Waals surface area contributed by atoms with Gasteiger partial charge in [0.05, 0.1) is 0 Å². The lowest BCUT2D eigenvalue weighted by Crippen LogP contribution is -2.25. The van der Waals surface area contributed by atoms with Gasteiger partial charge in [-0.2, -0.15) is 5.10 Å². The van der Waals surface area contributed by atoms with Crippen LogP contribution in [0.4, 0.5) is 5.69 Å². The number of amides is 1. The van der Waals surface area contributed by atoms with E-state index in [1.165, 1.54) is 18.5 Å². The number of benzene rings is 1. The van der Waals surface area contributed by atoms with Crippen LogP contribution in [0.1, 0.15) is 35.3 Å². The Labute approximate surface area is 137 Å². The Morgan fingerprint density at radius 3 is 2.83 bits per heavy atom. The number of aromatic nitrogens is 2. The number of aryl methyl sites for hydroxylation is 2. The third kappa shape index (κ3) is 3.92. The zero-order chi connectivity index (χ0) is 16.1. The maximum Gasteiger partial charge on any atom is 0.251 e. The number of nitrogens with zero attached hydrogens (tertiary/aromatic N) is 3. The molecule has 23 heavy (non-hydrogen) atoms. The van der Waals surface area contributed by atoms with Crippen LogP contribution >= 0.6 is 0 Å². The second-order valence-corrected chi connectivity index (χ2v) is 6.05. The molecule has 5 heteroatoms. The van der Waals surface area contributed by atoms with Crippen LogP contribution in [0.25, 0.3) is 0 Å². The van der Waals surface area contributed by atoms with Gasteiger partial charge in [-0.15, -0.1) is 0 Å². The number of carbonyl (C=O) groups excluding carboxylic acids is 1. The molecule has 1 fully saturated rings. The molecule has 1 N–H and O–H groups in total. The van der Waals surface area contributed by atoms with Gasteiger partial charge in [0.25, 0.3) is 5.91 Å². The van der Waals surface area contributed by atoms with Crippen molar-refractivity contribution >= 4 is 11.6 Å². The van der Waals surface area contributed by atoms with E-state index in [-0.39, 0.29) is 5.91 Å². The van der Waals surface area contributed by atoms with Crippen LogP contribution in [-0.2, 0) is 13.5 Å². The van der Waals surface area contributed by atoms with Crippen molar-refractivity contribution in [1.82, 2.24) is 15.1 Å². The summed E-state index contributed by atoms with van der Waals surface area (Å²) in [5.74, 6) is 0.0102. The highest BCUT2D eigenvalue weighted by Gasteiger charge is 2.14. The minimum absolute atomic E-state index is 0.0102. The van der Waals surface area contributed by atoms with E-state index >= 15 is 0 Å². The molecule has 0 bridgehead atoms. The molecule has 1 aliphatic heterocycles. The SMILES string of the molecule is Cn1nccc1CCCNC(=O)c1cccc(N2CCCC2)c1. The molecule has 0 saturated carbocycles. The Morgan fingerprint density at radius 2 is 2.09 bits per heavy atom. The molecule has 2 heterocycles. The van der Waals surface area contributed by atoms with E-state index in [9.17, 15) is 4.79 Å². The Hall–Kier alpha value is -2.30. The second kappa shape index (κ2) is 7.31. The molecule has 5 nitrogen and oxygen atoms in total. The fourth-order valence-corrected chi connectivity index (χ4v) is 3.04. The predicted molar refractivity (Wildman–Crippen MR) is 91.8 cm³/mol. The van der Waals surface area contributed by atoms with Crippen LogP contribution in [0.5, 0.6) is 0 Å². The lowest BCUT2D eigenvalue weighted by molar-refractivity contribution is 0.0953. The molecular formula is C18H24N4O. The largest absolute Gasteiger partial charge is 0.372 e. The molecule has 0 aliphatic carbocycles. The molecule has 0 radical (unpaired) electrons. The molecule has 2 aromatic rings. The van der Waals surface area contributed by atoms with E-state index in [2.05, 4.69) is 21.4 Å². The molecule has 1 aromatic heterocycles. The van der Waals surface area contributed by atoms with Gasteiger partial charge in [0.15, 0.2) is 0 Å². The number of hydrogen-bond donors (Lipinski definition) is 1. The molecule has 0 unspecified atom stereocenters. The summed E-state index contributed by atoms with van der Waals surface area (Å²) >= 11 is 0. The van der Waals surface area contributed by atoms with Gasteiger partial charge in [-0.05, 0) is 49.9 Å². The van der Waals surface area contributed by atoms with Gasteiger partial charge < -0.3 is 10.2 Å². The summed E-state index contributed by atoms with van der Waals surface area (Å²) in [6.45, 7) is 2.86. The Balaban J connectivity index is 1.50. The molecule has 1 saturated heterocycles. The third-order valence-corrected chi connectivity index (χ3v) is 4.40. The van der Waals surface area contributed by atoms with Gasteiger partial charge >= 0.3 is 0 Å². The van der Waals surface area contributed by atoms with Crippen LogP contribution in [0.2, 0.25) is 0 Å². The Kier molecular flexibility index (Phi) is 4.95. The van der Waals surface area contributed by atoms with Crippen molar-refractivity contribution in [3.63, 3.8) is 0 Å². The topological polar surface area (TPSA) is 50.2 Å². The predicted octanol–water partition coefficient (Wildman–Crippen LogP) is 2.38. The molecular weight excluding hydrogens is 288 g/mol. The average Bonchev–Trinajstić information content (AvgIpc) is 3.23. The van der Waals surface area contributed by atoms with Crippen molar-refractivity contribution in [2.45, 2.75) is 25.7 Å². The van der Waals surface area contributed by atoms with E-state index in [0.29, 0.717) is 6.54 Å². The summed E-state index contributed by atoms with van der Waals surface area (Å²) < 4.78 is 1.88. The summed E-state index contributed by atoms with van der Waals surface area (Å²) in [5.41, 5.74) is 3.09. The van der Waals surface area contributed by atoms with Crippen LogP contribution < -0.4 is 10.2 Å². The van der Waals surface area contributed by atoms with Crippen LogP contribution in [0.15, 0.2) is 36.5 Å². The Bertz CT molecular complexity index is 659. The lowest BCUT2D eigenvalue weighted by Gasteiger charge is -2.18. The van der Waals surface area contributed by atoms with Gasteiger partial charge in [0.2, 0.25) is 0 Å². The van der Waals surface area contributed by atoms with E-state index in [1.807, 2.05) is 36.0 Å². The summed E-state index contributed by atoms with van der Waals surface area (Å²) in [6, 6.07) is 9.96. The zero-order valence-electron chi connectivity index (χ0n) is 13.7. The highest BCUT2D eigenvalue weighted by molar-refractivity contribution is 5.95. The lowest BCUT2D eigenvalue weighted by atomic mass is 10.1. The average molecular weight is 312 g/mol. The van der Waals surface area contributed by atoms with Crippen molar-refractivity contribution in [2.75, 3.05) is 24.5 Å². The van der Waals surface area contributed by atoms with Gasteiger partial charge in [0.1, 0.15) is 0 Å². The van der Waals surface area contributed by atoms with Gasteiger partial charge in [0, 0.05) is 49.8 Å². The summed E-state index contributed by atoms with van der Waals surface area (Å²) in [6.07, 6.45) is 6.12. The summed E-state index contributed by atoms with van der Waals surface area (Å²) in [7, 11) is 1.94.